The van der Waals surface area contributed by atoms with Crippen LogP contribution in [0.1, 0.15) is 42.5 Å². The Hall–Kier alpha value is -2.20. The van der Waals surface area contributed by atoms with Crippen molar-refractivity contribution in [3.05, 3.63) is 64.7 Å². The van der Waals surface area contributed by atoms with Gasteiger partial charge in [-0.1, -0.05) is 44.3 Å². The fourth-order valence-electron chi connectivity index (χ4n) is 2.64. The maximum Gasteiger partial charge on any atom is 0.416 e. The fraction of sp³-hybridized carbons (Fsp3) is 0.381. The minimum atomic E-state index is -4.30. The third-order valence-corrected chi connectivity index (χ3v) is 4.47. The summed E-state index contributed by atoms with van der Waals surface area (Å²) >= 11 is 5.32. The number of nitrogens with two attached hydrogens (primary N) is 1. The predicted molar refractivity (Wildman–Crippen MR) is 121 cm³/mol. The molecule has 2 aromatic rings. The Bertz CT molecular complexity index is 796. The molecule has 0 radical (unpaired) electrons. The fourth-order valence-corrected chi connectivity index (χ4v) is 2.83. The SMILES string of the molecule is CC.Cc1cc(C(=S)NNCNCCCc2cccc(C(F)(F)F)c2)ccc1NN. The highest BCUT2D eigenvalue weighted by atomic mass is 32.1. The minimum absolute atomic E-state index is 0.462. The van der Waals surface area contributed by atoms with Crippen LogP contribution in [0.2, 0.25) is 0 Å². The van der Waals surface area contributed by atoms with Crippen molar-refractivity contribution in [1.29, 1.82) is 0 Å². The smallest absolute Gasteiger partial charge is 0.324 e. The van der Waals surface area contributed by atoms with Gasteiger partial charge >= 0.3 is 6.18 Å². The zero-order valence-electron chi connectivity index (χ0n) is 17.5. The van der Waals surface area contributed by atoms with Crippen LogP contribution >= 0.6 is 12.2 Å². The maximum absolute atomic E-state index is 12.7. The lowest BCUT2D eigenvalue weighted by atomic mass is 10.1. The molecule has 2 rings (SSSR count). The first-order chi connectivity index (χ1) is 14.3. The number of thiocarbonyl (C=S) groups is 1. The van der Waals surface area contributed by atoms with E-state index in [1.165, 1.54) is 12.1 Å². The van der Waals surface area contributed by atoms with Gasteiger partial charge in [0.1, 0.15) is 4.99 Å². The maximum atomic E-state index is 12.7. The Morgan fingerprint density at radius 2 is 1.83 bits per heavy atom. The molecule has 0 bridgehead atoms. The van der Waals surface area contributed by atoms with Gasteiger partial charge in [0.05, 0.1) is 17.9 Å². The molecule has 0 unspecified atom stereocenters. The molecule has 6 N–H and O–H groups in total. The number of nitrogens with one attached hydrogen (secondary N) is 4. The van der Waals surface area contributed by atoms with Gasteiger partial charge in [0.15, 0.2) is 0 Å². The Morgan fingerprint density at radius 1 is 1.10 bits per heavy atom. The molecule has 0 heterocycles. The second-order valence-corrected chi connectivity index (χ2v) is 6.69. The Kier molecular flexibility index (Phi) is 11.3. The molecule has 0 amide bonds. The molecule has 0 fully saturated rings. The van der Waals surface area contributed by atoms with Crippen molar-refractivity contribution in [3.63, 3.8) is 0 Å². The summed E-state index contributed by atoms with van der Waals surface area (Å²) in [5, 5.41) is 3.15. The number of aryl methyl sites for hydroxylation is 2. The van der Waals surface area contributed by atoms with Crippen molar-refractivity contribution < 1.29 is 13.2 Å². The molecule has 0 atom stereocenters. The summed E-state index contributed by atoms with van der Waals surface area (Å²) in [5.74, 6) is 5.41. The second kappa shape index (κ2) is 13.2. The largest absolute Gasteiger partial charge is 0.416 e. The van der Waals surface area contributed by atoms with Crippen molar-refractivity contribution in [2.45, 2.75) is 39.8 Å². The number of rotatable bonds is 9. The van der Waals surface area contributed by atoms with E-state index in [4.69, 9.17) is 18.1 Å². The van der Waals surface area contributed by atoms with Crippen molar-refractivity contribution in [3.8, 4) is 0 Å². The molecular weight excluding hydrogens is 411 g/mol. The first kappa shape index (κ1) is 25.8. The number of hydrazine groups is 2. The molecule has 0 saturated carbocycles. The van der Waals surface area contributed by atoms with Crippen molar-refractivity contribution in [2.75, 3.05) is 18.6 Å². The molecule has 30 heavy (non-hydrogen) atoms. The van der Waals surface area contributed by atoms with Crippen LogP contribution in [-0.2, 0) is 12.6 Å². The van der Waals surface area contributed by atoms with Gasteiger partial charge < -0.3 is 16.2 Å². The summed E-state index contributed by atoms with van der Waals surface area (Å²) in [4.78, 5) is 0.553. The molecule has 2 aromatic carbocycles. The number of hydrogen-bond donors (Lipinski definition) is 5. The highest BCUT2D eigenvalue weighted by molar-refractivity contribution is 7.80. The van der Waals surface area contributed by atoms with Crippen LogP contribution in [0.25, 0.3) is 0 Å². The van der Waals surface area contributed by atoms with Crippen LogP contribution in [0.3, 0.4) is 0 Å². The summed E-state index contributed by atoms with van der Waals surface area (Å²) in [6.45, 7) is 7.05. The zero-order valence-corrected chi connectivity index (χ0v) is 18.3. The van der Waals surface area contributed by atoms with E-state index in [9.17, 15) is 13.2 Å². The number of alkyl halides is 3. The minimum Gasteiger partial charge on any atom is -0.324 e. The summed E-state index contributed by atoms with van der Waals surface area (Å²) in [6, 6.07) is 11.1. The summed E-state index contributed by atoms with van der Waals surface area (Å²) in [7, 11) is 0. The normalized spacial score (nSPS) is 10.8. The van der Waals surface area contributed by atoms with Crippen LogP contribution in [0, 0.1) is 6.92 Å². The first-order valence-electron chi connectivity index (χ1n) is 9.78. The van der Waals surface area contributed by atoms with Gasteiger partial charge in [0.2, 0.25) is 0 Å². The number of hydrogen-bond acceptors (Lipinski definition) is 5. The van der Waals surface area contributed by atoms with Crippen molar-refractivity contribution in [1.82, 2.24) is 16.2 Å². The highest BCUT2D eigenvalue weighted by Crippen LogP contribution is 2.29. The summed E-state index contributed by atoms with van der Waals surface area (Å²) in [5.41, 5.74) is 11.3. The quantitative estimate of drug-likeness (QED) is 0.132. The van der Waals surface area contributed by atoms with E-state index in [0.29, 0.717) is 30.2 Å². The lowest BCUT2D eigenvalue weighted by molar-refractivity contribution is -0.137. The molecule has 9 heteroatoms. The average molecular weight is 442 g/mol. The first-order valence-corrected chi connectivity index (χ1v) is 10.2. The molecule has 0 aromatic heterocycles. The molecule has 0 aliphatic heterocycles. The van der Waals surface area contributed by atoms with Gasteiger partial charge in [-0.3, -0.25) is 5.84 Å². The molecule has 0 aliphatic rings. The third kappa shape index (κ3) is 8.66. The number of anilines is 1. The number of halogens is 3. The van der Waals surface area contributed by atoms with E-state index in [0.717, 1.165) is 29.3 Å². The molecule has 166 valence electrons. The Labute approximate surface area is 181 Å². The van der Waals surface area contributed by atoms with Crippen LogP contribution in [0.5, 0.6) is 0 Å². The summed E-state index contributed by atoms with van der Waals surface area (Å²) in [6.07, 6.45) is -3.01. The molecular formula is C21H30F3N5S. The molecule has 5 nitrogen and oxygen atoms in total. The highest BCUT2D eigenvalue weighted by Gasteiger charge is 2.30. The van der Waals surface area contributed by atoms with E-state index < -0.39 is 11.7 Å². The van der Waals surface area contributed by atoms with Crippen LogP contribution in [0.4, 0.5) is 18.9 Å². The van der Waals surface area contributed by atoms with Gasteiger partial charge in [0, 0.05) is 5.56 Å². The van der Waals surface area contributed by atoms with E-state index >= 15 is 0 Å². The van der Waals surface area contributed by atoms with Crippen molar-refractivity contribution in [2.24, 2.45) is 5.84 Å². The average Bonchev–Trinajstić information content (AvgIpc) is 2.74. The molecule has 0 spiro atoms. The van der Waals surface area contributed by atoms with Crippen LogP contribution in [0.15, 0.2) is 42.5 Å². The second-order valence-electron chi connectivity index (χ2n) is 6.28. The van der Waals surface area contributed by atoms with Gasteiger partial charge in [-0.15, -0.1) is 0 Å². The van der Waals surface area contributed by atoms with E-state index in [1.807, 2.05) is 39.0 Å². The molecule has 0 aliphatic carbocycles. The van der Waals surface area contributed by atoms with Gasteiger partial charge in [-0.25, -0.2) is 5.43 Å². The Morgan fingerprint density at radius 3 is 2.47 bits per heavy atom. The lowest BCUT2D eigenvalue weighted by Crippen LogP contribution is -2.42. The predicted octanol–water partition coefficient (Wildman–Crippen LogP) is 4.28. The van der Waals surface area contributed by atoms with E-state index in [1.54, 1.807) is 6.07 Å². The van der Waals surface area contributed by atoms with Gasteiger partial charge in [0.25, 0.3) is 0 Å². The zero-order chi connectivity index (χ0) is 22.6. The van der Waals surface area contributed by atoms with Crippen molar-refractivity contribution >= 4 is 22.9 Å². The monoisotopic (exact) mass is 441 g/mol. The third-order valence-electron chi connectivity index (χ3n) is 4.13. The van der Waals surface area contributed by atoms with Gasteiger partial charge in [-0.2, -0.15) is 13.2 Å². The van der Waals surface area contributed by atoms with E-state index in [2.05, 4.69) is 21.6 Å². The lowest BCUT2D eigenvalue weighted by Gasteiger charge is -2.12. The molecule has 0 saturated heterocycles. The number of benzene rings is 2. The van der Waals surface area contributed by atoms with Gasteiger partial charge in [-0.05, 0) is 61.7 Å². The number of nitrogen functional groups attached to an aromatic ring is 1. The van der Waals surface area contributed by atoms with E-state index in [-0.39, 0.29) is 0 Å². The Balaban J connectivity index is 0.00000218. The standard InChI is InChI=1S/C19H24F3N5S.C2H6/c1-13-10-15(7-8-17(13)26-23)18(28)27-25-12-24-9-3-5-14-4-2-6-16(11-14)19(20,21)22;1-2/h2,4,6-8,10-11,24-26H,3,5,9,12,23H2,1H3,(H,27,28);1-2H3. The van der Waals surface area contributed by atoms with Crippen LogP contribution in [-0.4, -0.2) is 18.2 Å². The summed E-state index contributed by atoms with van der Waals surface area (Å²) < 4.78 is 38.1. The topological polar surface area (TPSA) is 74.1 Å². The van der Waals surface area contributed by atoms with Crippen LogP contribution < -0.4 is 27.4 Å².